The number of imidazole rings is 1. The first-order valence-corrected chi connectivity index (χ1v) is 7.90. The highest BCUT2D eigenvalue weighted by molar-refractivity contribution is 5.83. The van der Waals surface area contributed by atoms with E-state index in [9.17, 15) is 14.6 Å². The van der Waals surface area contributed by atoms with Gasteiger partial charge in [-0.05, 0) is 30.2 Å². The van der Waals surface area contributed by atoms with Gasteiger partial charge in [0.05, 0.1) is 25.6 Å². The Morgan fingerprint density at radius 1 is 1.20 bits per heavy atom. The highest BCUT2D eigenvalue weighted by Crippen LogP contribution is 2.24. The molecule has 0 amide bonds. The van der Waals surface area contributed by atoms with Gasteiger partial charge in [0.2, 0.25) is 0 Å². The van der Waals surface area contributed by atoms with E-state index in [1.165, 1.54) is 24.8 Å². The van der Waals surface area contributed by atoms with Gasteiger partial charge in [0.25, 0.3) is 0 Å². The van der Waals surface area contributed by atoms with E-state index in [4.69, 9.17) is 0 Å². The maximum Gasteiger partial charge on any atom is 0.165 e. The molecule has 0 unspecified atom stereocenters. The SMILES string of the molecule is Cc1ccc(F)cc1CN(C)c1ncnc2c1ncn2C(CO)CO. The van der Waals surface area contributed by atoms with Crippen LogP contribution < -0.4 is 4.90 Å². The Labute approximate surface area is 144 Å². The molecule has 2 N–H and O–H groups in total. The third kappa shape index (κ3) is 3.31. The summed E-state index contributed by atoms with van der Waals surface area (Å²) in [5.41, 5.74) is 2.94. The molecule has 0 aliphatic carbocycles. The summed E-state index contributed by atoms with van der Waals surface area (Å²) in [6, 6.07) is 4.18. The summed E-state index contributed by atoms with van der Waals surface area (Å²) in [6.45, 7) is 1.95. The smallest absolute Gasteiger partial charge is 0.165 e. The van der Waals surface area contributed by atoms with Crippen LogP contribution in [0.5, 0.6) is 0 Å². The number of aryl methyl sites for hydroxylation is 1. The van der Waals surface area contributed by atoms with Gasteiger partial charge in [0.15, 0.2) is 17.0 Å². The molecule has 0 spiro atoms. The van der Waals surface area contributed by atoms with Gasteiger partial charge in [-0.25, -0.2) is 19.3 Å². The van der Waals surface area contributed by atoms with Crippen LogP contribution in [0.3, 0.4) is 0 Å². The number of aromatic nitrogens is 4. The summed E-state index contributed by atoms with van der Waals surface area (Å²) in [6.07, 6.45) is 2.94. The first-order valence-electron chi connectivity index (χ1n) is 7.90. The van der Waals surface area contributed by atoms with Crippen LogP contribution in [0.1, 0.15) is 17.2 Å². The van der Waals surface area contributed by atoms with Gasteiger partial charge in [0.1, 0.15) is 12.1 Å². The fourth-order valence-corrected chi connectivity index (χ4v) is 2.76. The Balaban J connectivity index is 1.97. The minimum atomic E-state index is -0.511. The molecule has 0 radical (unpaired) electrons. The number of anilines is 1. The molecule has 0 saturated heterocycles. The van der Waals surface area contributed by atoms with Crippen molar-refractivity contribution in [3.63, 3.8) is 0 Å². The van der Waals surface area contributed by atoms with Crippen molar-refractivity contribution in [1.82, 2.24) is 19.5 Å². The first kappa shape index (κ1) is 17.2. The van der Waals surface area contributed by atoms with Crippen LogP contribution in [-0.4, -0.2) is 50.0 Å². The molecule has 2 aromatic heterocycles. The second kappa shape index (κ2) is 7.12. The fraction of sp³-hybridized carbons (Fsp3) is 0.353. The van der Waals surface area contributed by atoms with Gasteiger partial charge in [-0.15, -0.1) is 0 Å². The zero-order valence-electron chi connectivity index (χ0n) is 14.1. The van der Waals surface area contributed by atoms with Crippen LogP contribution >= 0.6 is 0 Å². The number of fused-ring (bicyclic) bond motifs is 1. The van der Waals surface area contributed by atoms with Crippen molar-refractivity contribution in [2.45, 2.75) is 19.5 Å². The fourth-order valence-electron chi connectivity index (χ4n) is 2.76. The van der Waals surface area contributed by atoms with Crippen molar-refractivity contribution in [1.29, 1.82) is 0 Å². The molecule has 8 heteroatoms. The molecule has 3 rings (SSSR count). The molecule has 0 bridgehead atoms. The van der Waals surface area contributed by atoms with Crippen molar-refractivity contribution in [3.05, 3.63) is 47.8 Å². The average Bonchev–Trinajstić information content (AvgIpc) is 3.03. The van der Waals surface area contributed by atoms with Gasteiger partial charge < -0.3 is 19.7 Å². The summed E-state index contributed by atoms with van der Waals surface area (Å²) < 4.78 is 15.1. The molecular weight excluding hydrogens is 325 g/mol. The van der Waals surface area contributed by atoms with Crippen LogP contribution in [0.2, 0.25) is 0 Å². The lowest BCUT2D eigenvalue weighted by Gasteiger charge is -2.20. The lowest BCUT2D eigenvalue weighted by Crippen LogP contribution is -2.20. The molecule has 3 aromatic rings. The van der Waals surface area contributed by atoms with Crippen LogP contribution in [0.25, 0.3) is 11.2 Å². The quantitative estimate of drug-likeness (QED) is 0.703. The number of aliphatic hydroxyl groups excluding tert-OH is 2. The van der Waals surface area contributed by atoms with Crippen LogP contribution in [-0.2, 0) is 6.54 Å². The predicted octanol–water partition coefficient (Wildman–Crippen LogP) is 1.44. The van der Waals surface area contributed by atoms with Crippen LogP contribution in [0.4, 0.5) is 10.2 Å². The number of nitrogens with zero attached hydrogens (tertiary/aromatic N) is 5. The minimum Gasteiger partial charge on any atom is -0.394 e. The maximum absolute atomic E-state index is 13.5. The Hall–Kier alpha value is -2.58. The molecule has 0 aliphatic rings. The topological polar surface area (TPSA) is 87.3 Å². The molecule has 1 aromatic carbocycles. The zero-order valence-corrected chi connectivity index (χ0v) is 14.1. The normalized spacial score (nSPS) is 11.4. The van der Waals surface area contributed by atoms with E-state index in [-0.39, 0.29) is 19.0 Å². The van der Waals surface area contributed by atoms with Crippen LogP contribution in [0.15, 0.2) is 30.9 Å². The van der Waals surface area contributed by atoms with Gasteiger partial charge in [-0.3, -0.25) is 0 Å². The number of hydrogen-bond acceptors (Lipinski definition) is 6. The number of hydrogen-bond donors (Lipinski definition) is 2. The Morgan fingerprint density at radius 2 is 1.96 bits per heavy atom. The summed E-state index contributed by atoms with van der Waals surface area (Å²) >= 11 is 0. The van der Waals surface area contributed by atoms with Gasteiger partial charge in [-0.2, -0.15) is 0 Å². The lowest BCUT2D eigenvalue weighted by molar-refractivity contribution is 0.156. The van der Waals surface area contributed by atoms with E-state index >= 15 is 0 Å². The number of benzene rings is 1. The van der Waals surface area contributed by atoms with E-state index in [1.807, 2.05) is 18.9 Å². The Kier molecular flexibility index (Phi) is 4.91. The minimum absolute atomic E-state index is 0.223. The average molecular weight is 345 g/mol. The number of halogens is 1. The predicted molar refractivity (Wildman–Crippen MR) is 91.8 cm³/mol. The Morgan fingerprint density at radius 3 is 2.68 bits per heavy atom. The lowest BCUT2D eigenvalue weighted by atomic mass is 10.1. The second-order valence-corrected chi connectivity index (χ2v) is 5.97. The maximum atomic E-state index is 13.5. The molecule has 7 nitrogen and oxygen atoms in total. The molecule has 132 valence electrons. The highest BCUT2D eigenvalue weighted by Gasteiger charge is 2.18. The van der Waals surface area contributed by atoms with E-state index in [0.29, 0.717) is 23.5 Å². The van der Waals surface area contributed by atoms with Crippen LogP contribution in [0, 0.1) is 12.7 Å². The highest BCUT2D eigenvalue weighted by atomic mass is 19.1. The molecular formula is C17H20FN5O2. The molecule has 2 heterocycles. The Bertz CT molecular complexity index is 879. The third-order valence-electron chi connectivity index (χ3n) is 4.23. The largest absolute Gasteiger partial charge is 0.394 e. The van der Waals surface area contributed by atoms with E-state index in [1.54, 1.807) is 10.6 Å². The van der Waals surface area contributed by atoms with Gasteiger partial charge in [-0.1, -0.05) is 6.07 Å². The van der Waals surface area contributed by atoms with Crippen molar-refractivity contribution >= 4 is 17.0 Å². The molecule has 0 atom stereocenters. The summed E-state index contributed by atoms with van der Waals surface area (Å²) in [5.74, 6) is 0.321. The molecule has 0 saturated carbocycles. The van der Waals surface area contributed by atoms with Gasteiger partial charge in [0, 0.05) is 13.6 Å². The number of aliphatic hydroxyl groups is 2. The number of rotatable bonds is 6. The molecule has 25 heavy (non-hydrogen) atoms. The molecule has 0 aliphatic heterocycles. The van der Waals surface area contributed by atoms with E-state index in [0.717, 1.165) is 11.1 Å². The van der Waals surface area contributed by atoms with Gasteiger partial charge >= 0.3 is 0 Å². The zero-order chi connectivity index (χ0) is 18.0. The monoisotopic (exact) mass is 345 g/mol. The summed E-state index contributed by atoms with van der Waals surface area (Å²) in [7, 11) is 1.85. The summed E-state index contributed by atoms with van der Waals surface area (Å²) in [5, 5.41) is 18.8. The third-order valence-corrected chi connectivity index (χ3v) is 4.23. The van der Waals surface area contributed by atoms with E-state index < -0.39 is 6.04 Å². The van der Waals surface area contributed by atoms with Crippen molar-refractivity contribution in [2.24, 2.45) is 0 Å². The molecule has 0 fully saturated rings. The second-order valence-electron chi connectivity index (χ2n) is 5.97. The van der Waals surface area contributed by atoms with Crippen molar-refractivity contribution in [3.8, 4) is 0 Å². The van der Waals surface area contributed by atoms with Crippen molar-refractivity contribution in [2.75, 3.05) is 25.2 Å². The summed E-state index contributed by atoms with van der Waals surface area (Å²) in [4.78, 5) is 14.7. The van der Waals surface area contributed by atoms with E-state index in [2.05, 4.69) is 15.0 Å². The first-order chi connectivity index (χ1) is 12.0. The van der Waals surface area contributed by atoms with Crippen molar-refractivity contribution < 1.29 is 14.6 Å². The standard InChI is InChI=1S/C17H20FN5O2/c1-11-3-4-13(18)5-12(11)6-22(2)16-15-17(20-9-19-16)23(10-21-15)14(7-24)8-25/h3-5,9-10,14,24-25H,6-8H2,1-2H3.